The van der Waals surface area contributed by atoms with Crippen LogP contribution in [0.1, 0.15) is 49.1 Å². The number of nitrogens with zero attached hydrogens (tertiary/aromatic N) is 1. The smallest absolute Gasteiger partial charge is 0.350 e. The Hall–Kier alpha value is -3.60. The van der Waals surface area contributed by atoms with Crippen LogP contribution in [0.15, 0.2) is 78.9 Å². The van der Waals surface area contributed by atoms with Crippen molar-refractivity contribution in [2.75, 3.05) is 12.4 Å². The summed E-state index contributed by atoms with van der Waals surface area (Å²) in [4.78, 5) is 15.5. The highest BCUT2D eigenvalue weighted by molar-refractivity contribution is 7.80. The van der Waals surface area contributed by atoms with E-state index in [-0.39, 0.29) is 17.1 Å². The summed E-state index contributed by atoms with van der Waals surface area (Å²) >= 11 is 5.26. The van der Waals surface area contributed by atoms with Crippen LogP contribution in [0, 0.1) is 5.41 Å². The van der Waals surface area contributed by atoms with Gasteiger partial charge in [0.1, 0.15) is 6.04 Å². The maximum atomic E-state index is 13.9. The summed E-state index contributed by atoms with van der Waals surface area (Å²) in [6, 6.07) is 18.3. The van der Waals surface area contributed by atoms with Crippen LogP contribution in [0.4, 0.5) is 32.0 Å². The first-order valence-corrected chi connectivity index (χ1v) is 12.6. The lowest BCUT2D eigenvalue weighted by molar-refractivity contribution is -0.143. The first-order valence-electron chi connectivity index (χ1n) is 12.2. The van der Waals surface area contributed by atoms with Crippen molar-refractivity contribution in [1.82, 2.24) is 10.2 Å². The van der Waals surface area contributed by atoms with Crippen LogP contribution >= 0.6 is 12.2 Å². The fourth-order valence-corrected chi connectivity index (χ4v) is 4.45. The van der Waals surface area contributed by atoms with E-state index in [1.54, 1.807) is 32.7 Å². The molecule has 40 heavy (non-hydrogen) atoms. The van der Waals surface area contributed by atoms with Crippen LogP contribution in [-0.2, 0) is 17.1 Å². The van der Waals surface area contributed by atoms with Crippen LogP contribution in [0.3, 0.4) is 0 Å². The normalized spacial score (nSPS) is 13.1. The summed E-state index contributed by atoms with van der Waals surface area (Å²) in [5, 5.41) is 4.93. The van der Waals surface area contributed by atoms with Crippen LogP contribution < -0.4 is 10.6 Å². The average molecular weight is 582 g/mol. The van der Waals surface area contributed by atoms with E-state index in [1.807, 2.05) is 60.7 Å². The Balaban J connectivity index is 1.92. The number of anilines is 1. The Bertz CT molecular complexity index is 1250. The van der Waals surface area contributed by atoms with Crippen molar-refractivity contribution in [2.45, 2.75) is 45.2 Å². The molecule has 0 aromatic heterocycles. The van der Waals surface area contributed by atoms with E-state index in [0.717, 1.165) is 11.1 Å². The highest BCUT2D eigenvalue weighted by Gasteiger charge is 2.38. The molecule has 2 N–H and O–H groups in total. The van der Waals surface area contributed by atoms with E-state index in [9.17, 15) is 31.1 Å². The van der Waals surface area contributed by atoms with Crippen LogP contribution in [-0.4, -0.2) is 29.0 Å². The van der Waals surface area contributed by atoms with E-state index in [4.69, 9.17) is 12.2 Å². The number of thiocarbonyl (C=S) groups is 1. The molecule has 4 nitrogen and oxygen atoms in total. The summed E-state index contributed by atoms with van der Waals surface area (Å²) in [5.41, 5.74) is -2.53. The molecule has 3 aromatic carbocycles. The minimum Gasteiger partial charge on any atom is -0.350 e. The van der Waals surface area contributed by atoms with E-state index >= 15 is 0 Å². The number of rotatable bonds is 6. The van der Waals surface area contributed by atoms with Gasteiger partial charge in [0.2, 0.25) is 5.91 Å². The van der Waals surface area contributed by atoms with Crippen molar-refractivity contribution in [3.8, 4) is 0 Å². The maximum absolute atomic E-state index is 13.9. The number of alkyl halides is 6. The second-order valence-electron chi connectivity index (χ2n) is 10.4. The zero-order valence-electron chi connectivity index (χ0n) is 22.2. The van der Waals surface area contributed by atoms with Crippen molar-refractivity contribution < 1.29 is 31.1 Å². The predicted molar refractivity (Wildman–Crippen MR) is 147 cm³/mol. The zero-order valence-corrected chi connectivity index (χ0v) is 23.0. The molecule has 0 unspecified atom stereocenters. The Kier molecular flexibility index (Phi) is 9.18. The molecule has 1 amide bonds. The van der Waals surface area contributed by atoms with E-state index in [2.05, 4.69) is 10.6 Å². The third kappa shape index (κ3) is 7.74. The molecule has 0 radical (unpaired) electrons. The van der Waals surface area contributed by atoms with Gasteiger partial charge in [-0.1, -0.05) is 81.4 Å². The third-order valence-electron chi connectivity index (χ3n) is 6.20. The zero-order chi connectivity index (χ0) is 29.9. The number of carbonyl (C=O) groups excluding carboxylic acids is 1. The summed E-state index contributed by atoms with van der Waals surface area (Å²) < 4.78 is 79.8. The lowest BCUT2D eigenvalue weighted by atomic mass is 9.85. The quantitative estimate of drug-likeness (QED) is 0.232. The van der Waals surface area contributed by atoms with Crippen molar-refractivity contribution in [2.24, 2.45) is 5.41 Å². The molecule has 0 aliphatic heterocycles. The Morgan fingerprint density at radius 3 is 1.57 bits per heavy atom. The summed E-state index contributed by atoms with van der Waals surface area (Å²) in [5.74, 6) is -0.380. The van der Waals surface area contributed by atoms with Gasteiger partial charge in [-0.25, -0.2) is 0 Å². The van der Waals surface area contributed by atoms with Gasteiger partial charge in [0.15, 0.2) is 5.11 Å². The van der Waals surface area contributed by atoms with Crippen LogP contribution in [0.25, 0.3) is 0 Å². The number of hydrogen-bond donors (Lipinski definition) is 2. The van der Waals surface area contributed by atoms with Crippen molar-refractivity contribution in [3.63, 3.8) is 0 Å². The largest absolute Gasteiger partial charge is 0.416 e. The van der Waals surface area contributed by atoms with E-state index in [1.165, 1.54) is 0 Å². The van der Waals surface area contributed by atoms with Crippen LogP contribution in [0.2, 0.25) is 0 Å². The SMILES string of the molecule is CN(C(=O)[C@H](NC(=S)Nc1cc(C(F)(F)F)cc(C(F)(F)F)c1)C(C)(C)C)C(c1ccccc1)c1ccccc1. The Labute approximate surface area is 234 Å². The second kappa shape index (κ2) is 11.9. The van der Waals surface area contributed by atoms with E-state index < -0.39 is 46.7 Å². The standard InChI is InChI=1S/C29H29F6N3OS/c1-27(2,3)24(25(39)38(4)23(18-11-7-5-8-12-18)19-13-9-6-10-14-19)37-26(40)36-22-16-20(28(30,31)32)15-21(17-22)29(33,34)35/h5-17,23-24H,1-4H3,(H2,36,37,40)/t24-/m0/s1. The lowest BCUT2D eigenvalue weighted by Gasteiger charge is -2.37. The molecule has 0 saturated carbocycles. The molecule has 1 atom stereocenters. The van der Waals surface area contributed by atoms with Gasteiger partial charge in [0.05, 0.1) is 17.2 Å². The second-order valence-corrected chi connectivity index (χ2v) is 10.8. The lowest BCUT2D eigenvalue weighted by Crippen LogP contribution is -2.55. The van der Waals surface area contributed by atoms with Gasteiger partial charge < -0.3 is 15.5 Å². The molecule has 0 aliphatic rings. The Morgan fingerprint density at radius 2 is 1.20 bits per heavy atom. The fourth-order valence-electron chi connectivity index (χ4n) is 4.22. The predicted octanol–water partition coefficient (Wildman–Crippen LogP) is 7.67. The van der Waals surface area contributed by atoms with Gasteiger partial charge in [-0.05, 0) is 47.0 Å². The van der Waals surface area contributed by atoms with E-state index in [0.29, 0.717) is 12.1 Å². The van der Waals surface area contributed by atoms with Gasteiger partial charge in [0, 0.05) is 12.7 Å². The average Bonchev–Trinajstić information content (AvgIpc) is 2.86. The molecular formula is C29H29F6N3OS. The number of amides is 1. The minimum atomic E-state index is -5.01. The number of likely N-dealkylation sites (N-methyl/N-ethyl adjacent to an activating group) is 1. The number of benzene rings is 3. The Morgan fingerprint density at radius 1 is 0.775 bits per heavy atom. The number of hydrogen-bond acceptors (Lipinski definition) is 2. The molecular weight excluding hydrogens is 552 g/mol. The fraction of sp³-hybridized carbons (Fsp3) is 0.310. The molecule has 3 aromatic rings. The molecule has 0 aliphatic carbocycles. The van der Waals surface area contributed by atoms with Gasteiger partial charge in [-0.3, -0.25) is 4.79 Å². The molecule has 0 spiro atoms. The minimum absolute atomic E-state index is 0.0331. The molecule has 214 valence electrons. The van der Waals surface area contributed by atoms with Gasteiger partial charge in [0.25, 0.3) is 0 Å². The monoisotopic (exact) mass is 581 g/mol. The number of halogens is 6. The highest BCUT2D eigenvalue weighted by Crippen LogP contribution is 2.38. The first kappa shape index (κ1) is 30.9. The molecule has 11 heteroatoms. The molecule has 0 fully saturated rings. The molecule has 0 heterocycles. The third-order valence-corrected chi connectivity index (χ3v) is 6.42. The van der Waals surface area contributed by atoms with Crippen LogP contribution in [0.5, 0.6) is 0 Å². The maximum Gasteiger partial charge on any atom is 0.416 e. The number of nitrogens with one attached hydrogen (secondary N) is 2. The molecule has 3 rings (SSSR count). The number of carbonyl (C=O) groups is 1. The molecule has 0 saturated heterocycles. The van der Waals surface area contributed by atoms with Crippen molar-refractivity contribution >= 4 is 28.9 Å². The first-order chi connectivity index (χ1) is 18.5. The summed E-state index contributed by atoms with van der Waals surface area (Å²) in [6.45, 7) is 5.31. The van der Waals surface area contributed by atoms with Gasteiger partial charge in [-0.2, -0.15) is 26.3 Å². The van der Waals surface area contributed by atoms with Crippen molar-refractivity contribution in [1.29, 1.82) is 0 Å². The summed E-state index contributed by atoms with van der Waals surface area (Å²) in [6.07, 6.45) is -10.0. The van der Waals surface area contributed by atoms with Gasteiger partial charge >= 0.3 is 12.4 Å². The van der Waals surface area contributed by atoms with Gasteiger partial charge in [-0.15, -0.1) is 0 Å². The highest BCUT2D eigenvalue weighted by atomic mass is 32.1. The van der Waals surface area contributed by atoms with Crippen molar-refractivity contribution in [3.05, 3.63) is 101 Å². The molecule has 0 bridgehead atoms. The summed E-state index contributed by atoms with van der Waals surface area (Å²) in [7, 11) is 1.63. The topological polar surface area (TPSA) is 44.4 Å².